The Morgan fingerprint density at radius 2 is 2.00 bits per heavy atom. The second-order valence-corrected chi connectivity index (χ2v) is 3.51. The normalized spacial score (nSPS) is 10.2. The van der Waals surface area contributed by atoms with Gasteiger partial charge in [0.2, 0.25) is 5.95 Å². The first kappa shape index (κ1) is 11.3. The van der Waals surface area contributed by atoms with E-state index in [1.807, 2.05) is 0 Å². The summed E-state index contributed by atoms with van der Waals surface area (Å²) in [6.45, 7) is 0.366. The van der Waals surface area contributed by atoms with Crippen LogP contribution in [0.4, 0.5) is 14.5 Å². The van der Waals surface area contributed by atoms with Crippen molar-refractivity contribution in [2.75, 3.05) is 5.32 Å². The van der Waals surface area contributed by atoms with Crippen molar-refractivity contribution >= 4 is 5.69 Å². The summed E-state index contributed by atoms with van der Waals surface area (Å²) in [5.74, 6) is -1.59. The van der Waals surface area contributed by atoms with Crippen LogP contribution in [0.15, 0.2) is 36.5 Å². The van der Waals surface area contributed by atoms with Crippen LogP contribution in [0.5, 0.6) is 5.75 Å². The first-order valence-electron chi connectivity index (χ1n) is 4.98. The Morgan fingerprint density at radius 3 is 2.65 bits per heavy atom. The minimum Gasteiger partial charge on any atom is -0.505 e. The predicted octanol–water partition coefficient (Wildman–Crippen LogP) is 2.68. The second kappa shape index (κ2) is 4.78. The van der Waals surface area contributed by atoms with Crippen molar-refractivity contribution in [3.63, 3.8) is 0 Å². The molecule has 0 aliphatic carbocycles. The zero-order valence-electron chi connectivity index (χ0n) is 8.82. The number of aromatic nitrogens is 1. The van der Waals surface area contributed by atoms with E-state index in [0.29, 0.717) is 17.8 Å². The Kier molecular flexibility index (Phi) is 3.18. The summed E-state index contributed by atoms with van der Waals surface area (Å²) in [4.78, 5) is 3.48. The van der Waals surface area contributed by atoms with Crippen LogP contribution < -0.4 is 5.32 Å². The molecule has 0 spiro atoms. The van der Waals surface area contributed by atoms with Crippen molar-refractivity contribution < 1.29 is 13.9 Å². The summed E-state index contributed by atoms with van der Waals surface area (Å²) in [7, 11) is 0. The van der Waals surface area contributed by atoms with Crippen LogP contribution >= 0.6 is 0 Å². The van der Waals surface area contributed by atoms with E-state index in [9.17, 15) is 8.78 Å². The van der Waals surface area contributed by atoms with Gasteiger partial charge in [-0.05, 0) is 29.8 Å². The number of rotatable bonds is 3. The smallest absolute Gasteiger partial charge is 0.212 e. The SMILES string of the molecule is Oc1ccc(CNc2ccc(F)nc2)cc1F. The summed E-state index contributed by atoms with van der Waals surface area (Å²) < 4.78 is 25.5. The van der Waals surface area contributed by atoms with Gasteiger partial charge in [-0.15, -0.1) is 0 Å². The number of hydrogen-bond acceptors (Lipinski definition) is 3. The third-order valence-electron chi connectivity index (χ3n) is 2.24. The van der Waals surface area contributed by atoms with Crippen LogP contribution in [-0.4, -0.2) is 10.1 Å². The highest BCUT2D eigenvalue weighted by atomic mass is 19.1. The highest BCUT2D eigenvalue weighted by molar-refractivity contribution is 5.41. The zero-order chi connectivity index (χ0) is 12.3. The van der Waals surface area contributed by atoms with Crippen molar-refractivity contribution in [1.29, 1.82) is 0 Å². The zero-order valence-corrected chi connectivity index (χ0v) is 8.82. The molecule has 5 heteroatoms. The summed E-state index contributed by atoms with van der Waals surface area (Å²) in [5.41, 5.74) is 1.31. The largest absolute Gasteiger partial charge is 0.505 e. The van der Waals surface area contributed by atoms with E-state index in [2.05, 4.69) is 10.3 Å². The lowest BCUT2D eigenvalue weighted by atomic mass is 10.2. The molecule has 2 rings (SSSR count). The highest BCUT2D eigenvalue weighted by Crippen LogP contribution is 2.17. The number of pyridine rings is 1. The first-order chi connectivity index (χ1) is 8.15. The molecule has 1 heterocycles. The Hall–Kier alpha value is -2.17. The highest BCUT2D eigenvalue weighted by Gasteiger charge is 2.01. The molecule has 0 saturated heterocycles. The number of hydrogen-bond donors (Lipinski definition) is 2. The molecule has 2 N–H and O–H groups in total. The average Bonchev–Trinajstić information content (AvgIpc) is 2.33. The molecule has 0 unspecified atom stereocenters. The predicted molar refractivity (Wildman–Crippen MR) is 59.6 cm³/mol. The van der Waals surface area contributed by atoms with Gasteiger partial charge in [0.15, 0.2) is 11.6 Å². The van der Waals surface area contributed by atoms with Crippen LogP contribution in [-0.2, 0) is 6.54 Å². The molecule has 0 radical (unpaired) electrons. The lowest BCUT2D eigenvalue weighted by Gasteiger charge is -2.06. The minimum atomic E-state index is -0.665. The third-order valence-corrected chi connectivity index (χ3v) is 2.24. The maximum absolute atomic E-state index is 13.0. The molecular weight excluding hydrogens is 226 g/mol. The quantitative estimate of drug-likeness (QED) is 0.805. The number of nitrogens with zero attached hydrogens (tertiary/aromatic N) is 1. The summed E-state index contributed by atoms with van der Waals surface area (Å²) in [5, 5.41) is 12.0. The Bertz CT molecular complexity index is 514. The summed E-state index contributed by atoms with van der Waals surface area (Å²) in [6.07, 6.45) is 1.35. The Labute approximate surface area is 96.7 Å². The molecule has 0 aliphatic rings. The number of halogens is 2. The van der Waals surface area contributed by atoms with Gasteiger partial charge in [0, 0.05) is 6.54 Å². The standard InChI is InChI=1S/C12H10F2N2O/c13-10-5-8(1-3-11(10)17)6-15-9-2-4-12(14)16-7-9/h1-5,7,15,17H,6H2. The molecule has 0 fully saturated rings. The summed E-state index contributed by atoms with van der Waals surface area (Å²) >= 11 is 0. The molecule has 1 aromatic heterocycles. The van der Waals surface area contributed by atoms with Gasteiger partial charge in [-0.1, -0.05) is 6.07 Å². The van der Waals surface area contributed by atoms with Crippen molar-refractivity contribution in [2.24, 2.45) is 0 Å². The van der Waals surface area contributed by atoms with E-state index in [1.54, 1.807) is 12.1 Å². The van der Waals surface area contributed by atoms with Crippen LogP contribution in [0.3, 0.4) is 0 Å². The van der Waals surface area contributed by atoms with E-state index in [4.69, 9.17) is 5.11 Å². The second-order valence-electron chi connectivity index (χ2n) is 3.51. The van der Waals surface area contributed by atoms with E-state index < -0.39 is 11.8 Å². The molecule has 17 heavy (non-hydrogen) atoms. The number of benzene rings is 1. The molecule has 1 aromatic carbocycles. The van der Waals surface area contributed by atoms with Gasteiger partial charge < -0.3 is 10.4 Å². The number of anilines is 1. The molecule has 88 valence electrons. The average molecular weight is 236 g/mol. The fourth-order valence-corrected chi connectivity index (χ4v) is 1.34. The first-order valence-corrected chi connectivity index (χ1v) is 4.98. The van der Waals surface area contributed by atoms with Crippen molar-refractivity contribution in [1.82, 2.24) is 4.98 Å². The van der Waals surface area contributed by atoms with Gasteiger partial charge in [-0.3, -0.25) is 0 Å². The van der Waals surface area contributed by atoms with Gasteiger partial charge in [0.05, 0.1) is 11.9 Å². The van der Waals surface area contributed by atoms with Gasteiger partial charge in [0.25, 0.3) is 0 Å². The molecule has 0 amide bonds. The van der Waals surface area contributed by atoms with Gasteiger partial charge in [0.1, 0.15) is 0 Å². The molecule has 0 bridgehead atoms. The topological polar surface area (TPSA) is 45.1 Å². The van der Waals surface area contributed by atoms with Crippen LogP contribution in [0.1, 0.15) is 5.56 Å². The number of phenols is 1. The molecule has 2 aromatic rings. The fraction of sp³-hybridized carbons (Fsp3) is 0.0833. The maximum atomic E-state index is 13.0. The van der Waals surface area contributed by atoms with Crippen molar-refractivity contribution in [3.05, 3.63) is 53.9 Å². The van der Waals surface area contributed by atoms with E-state index >= 15 is 0 Å². The van der Waals surface area contributed by atoms with E-state index in [-0.39, 0.29) is 5.75 Å². The molecular formula is C12H10F2N2O. The van der Waals surface area contributed by atoms with Crippen LogP contribution in [0, 0.1) is 11.8 Å². The molecule has 0 atom stereocenters. The third kappa shape index (κ3) is 2.90. The van der Waals surface area contributed by atoms with E-state index in [1.165, 1.54) is 24.4 Å². The number of phenolic OH excluding ortho intramolecular Hbond substituents is 1. The van der Waals surface area contributed by atoms with Crippen LogP contribution in [0.2, 0.25) is 0 Å². The lowest BCUT2D eigenvalue weighted by Crippen LogP contribution is -2.00. The van der Waals surface area contributed by atoms with Crippen molar-refractivity contribution in [3.8, 4) is 5.75 Å². The minimum absolute atomic E-state index is 0.366. The molecule has 0 saturated carbocycles. The number of nitrogens with one attached hydrogen (secondary N) is 1. The van der Waals surface area contributed by atoms with Crippen molar-refractivity contribution in [2.45, 2.75) is 6.54 Å². The summed E-state index contributed by atoms with van der Waals surface area (Å²) in [6, 6.07) is 6.90. The van der Waals surface area contributed by atoms with Gasteiger partial charge in [-0.2, -0.15) is 4.39 Å². The Balaban J connectivity index is 2.02. The van der Waals surface area contributed by atoms with Gasteiger partial charge in [-0.25, -0.2) is 9.37 Å². The number of aromatic hydroxyl groups is 1. The van der Waals surface area contributed by atoms with Gasteiger partial charge >= 0.3 is 0 Å². The lowest BCUT2D eigenvalue weighted by molar-refractivity contribution is 0.432. The maximum Gasteiger partial charge on any atom is 0.212 e. The fourth-order valence-electron chi connectivity index (χ4n) is 1.34. The van der Waals surface area contributed by atoms with E-state index in [0.717, 1.165) is 0 Å². The monoisotopic (exact) mass is 236 g/mol. The van der Waals surface area contributed by atoms with Crippen LogP contribution in [0.25, 0.3) is 0 Å². The Morgan fingerprint density at radius 1 is 1.18 bits per heavy atom. The molecule has 0 aliphatic heterocycles. The molecule has 3 nitrogen and oxygen atoms in total.